The first kappa shape index (κ1) is 14.7. The molecular formula is C18H14BrNO2S. The van der Waals surface area contributed by atoms with Crippen molar-refractivity contribution < 1.29 is 8.95 Å². The average molecular weight is 388 g/mol. The third kappa shape index (κ3) is 2.35. The summed E-state index contributed by atoms with van der Waals surface area (Å²) in [6, 6.07) is 17.9. The summed E-state index contributed by atoms with van der Waals surface area (Å²) < 4.78 is 21.1. The zero-order valence-corrected chi connectivity index (χ0v) is 14.9. The summed E-state index contributed by atoms with van der Waals surface area (Å²) in [7, 11) is 0.474. The summed E-state index contributed by atoms with van der Waals surface area (Å²) in [5.74, 6) is 0.825. The van der Waals surface area contributed by atoms with Crippen LogP contribution in [0.2, 0.25) is 0 Å². The van der Waals surface area contributed by atoms with Gasteiger partial charge in [0.15, 0.2) is 11.0 Å². The van der Waals surface area contributed by atoms with Gasteiger partial charge >= 0.3 is 0 Å². The van der Waals surface area contributed by atoms with Crippen LogP contribution >= 0.6 is 15.9 Å². The van der Waals surface area contributed by atoms with Crippen LogP contribution < -0.4 is 9.04 Å². The van der Waals surface area contributed by atoms with Gasteiger partial charge in [0, 0.05) is 9.86 Å². The molecule has 1 unspecified atom stereocenters. The van der Waals surface area contributed by atoms with Gasteiger partial charge in [-0.3, -0.25) is 4.31 Å². The standard InChI is InChI=1S/C18H14BrNO2S/c1-22-13-7-5-12(6-8-13)11-20-16-10-9-15(19)14-3-2-4-17(18(14)16)23(20)21/h2-10H,11H2,1H3. The predicted octanol–water partition coefficient (Wildman–Crippen LogP) is 4.65. The van der Waals surface area contributed by atoms with Crippen LogP contribution in [0.4, 0.5) is 5.69 Å². The molecule has 1 atom stereocenters. The zero-order chi connectivity index (χ0) is 16.0. The molecule has 1 aliphatic heterocycles. The molecule has 0 saturated heterocycles. The Balaban J connectivity index is 1.77. The Bertz CT molecular complexity index is 924. The molecule has 116 valence electrons. The quantitative estimate of drug-likeness (QED) is 0.654. The zero-order valence-electron chi connectivity index (χ0n) is 12.5. The van der Waals surface area contributed by atoms with E-state index >= 15 is 0 Å². The maximum absolute atomic E-state index is 12.9. The molecule has 0 N–H and O–H groups in total. The number of rotatable bonds is 3. The number of nitrogens with zero attached hydrogens (tertiary/aromatic N) is 1. The maximum atomic E-state index is 12.9. The van der Waals surface area contributed by atoms with Crippen LogP contribution in [0, 0.1) is 0 Å². The van der Waals surface area contributed by atoms with E-state index in [2.05, 4.69) is 22.0 Å². The van der Waals surface area contributed by atoms with Crippen LogP contribution in [-0.4, -0.2) is 11.3 Å². The van der Waals surface area contributed by atoms with Crippen molar-refractivity contribution in [3.8, 4) is 5.75 Å². The van der Waals surface area contributed by atoms with Gasteiger partial charge in [0.2, 0.25) is 0 Å². The lowest BCUT2D eigenvalue weighted by molar-refractivity contribution is 0.414. The van der Waals surface area contributed by atoms with E-state index < -0.39 is 11.0 Å². The fraction of sp³-hybridized carbons (Fsp3) is 0.111. The Labute approximate surface area is 145 Å². The molecule has 5 heteroatoms. The van der Waals surface area contributed by atoms with Gasteiger partial charge in [-0.25, -0.2) is 4.21 Å². The van der Waals surface area contributed by atoms with Crippen molar-refractivity contribution in [2.45, 2.75) is 11.4 Å². The van der Waals surface area contributed by atoms with E-state index in [-0.39, 0.29) is 0 Å². The molecule has 4 rings (SSSR count). The molecule has 0 fully saturated rings. The summed E-state index contributed by atoms with van der Waals surface area (Å²) in [6.45, 7) is 0.599. The molecule has 0 saturated carbocycles. The van der Waals surface area contributed by atoms with Crippen molar-refractivity contribution in [1.82, 2.24) is 0 Å². The normalized spacial score (nSPS) is 16.1. The molecule has 0 amide bonds. The Hall–Kier alpha value is -1.85. The molecule has 3 aromatic carbocycles. The molecule has 3 aromatic rings. The molecule has 1 aliphatic rings. The first-order valence-corrected chi connectivity index (χ1v) is 9.12. The minimum absolute atomic E-state index is 0.599. The molecule has 23 heavy (non-hydrogen) atoms. The first-order chi connectivity index (χ1) is 11.2. The smallest absolute Gasteiger partial charge is 0.153 e. The lowest BCUT2D eigenvalue weighted by Gasteiger charge is -2.18. The molecule has 1 heterocycles. The van der Waals surface area contributed by atoms with Crippen molar-refractivity contribution in [3.05, 3.63) is 64.6 Å². The highest BCUT2D eigenvalue weighted by atomic mass is 79.9. The third-order valence-electron chi connectivity index (χ3n) is 4.07. The summed E-state index contributed by atoms with van der Waals surface area (Å²) in [5, 5.41) is 2.18. The van der Waals surface area contributed by atoms with Crippen LogP contribution in [-0.2, 0) is 17.5 Å². The minimum atomic E-state index is -1.18. The second kappa shape index (κ2) is 5.65. The molecule has 0 aromatic heterocycles. The highest BCUT2D eigenvalue weighted by Crippen LogP contribution is 2.43. The monoisotopic (exact) mass is 387 g/mol. The second-order valence-electron chi connectivity index (χ2n) is 5.38. The number of hydrogen-bond acceptors (Lipinski definition) is 2. The second-order valence-corrected chi connectivity index (χ2v) is 7.61. The number of benzene rings is 3. The van der Waals surface area contributed by atoms with Gasteiger partial charge in [-0.15, -0.1) is 0 Å². The summed E-state index contributed by atoms with van der Waals surface area (Å²) in [6.07, 6.45) is 0. The fourth-order valence-corrected chi connectivity index (χ4v) is 4.80. The van der Waals surface area contributed by atoms with Crippen molar-refractivity contribution >= 4 is 43.4 Å². The van der Waals surface area contributed by atoms with Gasteiger partial charge < -0.3 is 4.74 Å². The number of anilines is 1. The largest absolute Gasteiger partial charge is 0.497 e. The minimum Gasteiger partial charge on any atom is -0.497 e. The van der Waals surface area contributed by atoms with Crippen LogP contribution in [0.5, 0.6) is 5.75 Å². The molecular weight excluding hydrogens is 374 g/mol. The van der Waals surface area contributed by atoms with E-state index in [1.807, 2.05) is 52.8 Å². The van der Waals surface area contributed by atoms with Gasteiger partial charge in [0.25, 0.3) is 0 Å². The fourth-order valence-electron chi connectivity index (χ4n) is 2.92. The van der Waals surface area contributed by atoms with E-state index in [9.17, 15) is 4.21 Å². The first-order valence-electron chi connectivity index (χ1n) is 7.22. The number of hydrogen-bond donors (Lipinski definition) is 0. The molecule has 0 spiro atoms. The highest BCUT2D eigenvalue weighted by Gasteiger charge is 2.29. The van der Waals surface area contributed by atoms with Gasteiger partial charge in [-0.05, 0) is 41.3 Å². The summed E-state index contributed by atoms with van der Waals surface area (Å²) in [4.78, 5) is 0.882. The average Bonchev–Trinajstić information content (AvgIpc) is 2.86. The van der Waals surface area contributed by atoms with Crippen LogP contribution in [0.25, 0.3) is 10.8 Å². The number of methoxy groups -OCH3 is 1. The summed E-state index contributed by atoms with van der Waals surface area (Å²) in [5.41, 5.74) is 2.12. The van der Waals surface area contributed by atoms with E-state index in [1.165, 1.54) is 0 Å². The Morgan fingerprint density at radius 2 is 1.87 bits per heavy atom. The van der Waals surface area contributed by atoms with Gasteiger partial charge in [0.1, 0.15) is 5.75 Å². The van der Waals surface area contributed by atoms with Gasteiger partial charge in [-0.2, -0.15) is 0 Å². The van der Waals surface area contributed by atoms with Crippen LogP contribution in [0.1, 0.15) is 5.56 Å². The van der Waals surface area contributed by atoms with Crippen molar-refractivity contribution in [1.29, 1.82) is 0 Å². The van der Waals surface area contributed by atoms with E-state index in [1.54, 1.807) is 7.11 Å². The van der Waals surface area contributed by atoms with E-state index in [0.717, 1.165) is 37.1 Å². The third-order valence-corrected chi connectivity index (χ3v) is 6.20. The maximum Gasteiger partial charge on any atom is 0.153 e. The van der Waals surface area contributed by atoms with Gasteiger partial charge in [0.05, 0.1) is 24.2 Å². The topological polar surface area (TPSA) is 29.5 Å². The van der Waals surface area contributed by atoms with E-state index in [4.69, 9.17) is 4.74 Å². The van der Waals surface area contributed by atoms with Crippen molar-refractivity contribution in [3.63, 3.8) is 0 Å². The predicted molar refractivity (Wildman–Crippen MR) is 97.2 cm³/mol. The number of ether oxygens (including phenoxy) is 1. The van der Waals surface area contributed by atoms with Crippen LogP contribution in [0.3, 0.4) is 0 Å². The highest BCUT2D eigenvalue weighted by molar-refractivity contribution is 9.10. The number of halogens is 1. The molecule has 0 aliphatic carbocycles. The lowest BCUT2D eigenvalue weighted by Crippen LogP contribution is -2.21. The Kier molecular flexibility index (Phi) is 3.62. The molecule has 0 radical (unpaired) electrons. The SMILES string of the molecule is COc1ccc(CN2c3ccc(Br)c4cccc(c34)S2=O)cc1. The Morgan fingerprint density at radius 3 is 2.61 bits per heavy atom. The van der Waals surface area contributed by atoms with Crippen molar-refractivity contribution in [2.24, 2.45) is 0 Å². The van der Waals surface area contributed by atoms with Crippen molar-refractivity contribution in [2.75, 3.05) is 11.4 Å². The summed E-state index contributed by atoms with van der Waals surface area (Å²) >= 11 is 3.58. The van der Waals surface area contributed by atoms with Gasteiger partial charge in [-0.1, -0.05) is 40.2 Å². The lowest BCUT2D eigenvalue weighted by atomic mass is 10.1. The Morgan fingerprint density at radius 1 is 1.09 bits per heavy atom. The van der Waals surface area contributed by atoms with Crippen LogP contribution in [0.15, 0.2) is 64.0 Å². The van der Waals surface area contributed by atoms with E-state index in [0.29, 0.717) is 6.54 Å². The molecule has 0 bridgehead atoms. The molecule has 3 nitrogen and oxygen atoms in total.